The number of ether oxygens (including phenoxy) is 1. The van der Waals surface area contributed by atoms with Crippen LogP contribution in [0.1, 0.15) is 16.8 Å². The fourth-order valence-corrected chi connectivity index (χ4v) is 2.44. The fourth-order valence-electron chi connectivity index (χ4n) is 2.44. The van der Waals surface area contributed by atoms with Gasteiger partial charge in [-0.1, -0.05) is 60.7 Å². The third-order valence-corrected chi connectivity index (χ3v) is 3.56. The molecule has 1 N–H and O–H groups in total. The lowest BCUT2D eigenvalue weighted by Gasteiger charge is -2.09. The van der Waals surface area contributed by atoms with Crippen molar-refractivity contribution in [2.45, 2.75) is 19.7 Å². The highest BCUT2D eigenvalue weighted by molar-refractivity contribution is 5.85. The minimum absolute atomic E-state index is 0. The molecule has 0 radical (unpaired) electrons. The predicted octanol–water partition coefficient (Wildman–Crippen LogP) is 3.65. The lowest BCUT2D eigenvalue weighted by molar-refractivity contribution is 0.275. The largest absolute Gasteiger partial charge is 0.473 e. The van der Waals surface area contributed by atoms with Crippen molar-refractivity contribution in [3.63, 3.8) is 0 Å². The minimum Gasteiger partial charge on any atom is -0.473 e. The Balaban J connectivity index is 0.00000208. The van der Waals surface area contributed by atoms with Gasteiger partial charge in [0, 0.05) is 12.6 Å². The smallest absolute Gasteiger partial charge is 0.212 e. The second-order valence-corrected chi connectivity index (χ2v) is 5.42. The lowest BCUT2D eigenvalue weighted by Crippen LogP contribution is -2.08. The van der Waals surface area contributed by atoms with Crippen molar-refractivity contribution < 1.29 is 4.74 Å². The van der Waals surface area contributed by atoms with E-state index in [9.17, 15) is 0 Å². The van der Waals surface area contributed by atoms with Crippen LogP contribution in [0.15, 0.2) is 66.7 Å². The third-order valence-electron chi connectivity index (χ3n) is 3.56. The van der Waals surface area contributed by atoms with E-state index >= 15 is 0 Å². The number of benzene rings is 2. The SMILES string of the molecule is CNCc1cc(OCc2ccccc2)n(Cc2ccccc2)n1.Cl. The van der Waals surface area contributed by atoms with Crippen LogP contribution in [0.4, 0.5) is 0 Å². The van der Waals surface area contributed by atoms with Gasteiger partial charge in [0.2, 0.25) is 5.88 Å². The number of nitrogens with zero attached hydrogens (tertiary/aromatic N) is 2. The van der Waals surface area contributed by atoms with Crippen molar-refractivity contribution in [2.24, 2.45) is 0 Å². The average molecular weight is 344 g/mol. The van der Waals surface area contributed by atoms with Crippen LogP contribution in [0.3, 0.4) is 0 Å². The Bertz CT molecular complexity index is 729. The van der Waals surface area contributed by atoms with E-state index in [-0.39, 0.29) is 12.4 Å². The van der Waals surface area contributed by atoms with Crippen LogP contribution in [-0.2, 0) is 19.7 Å². The van der Waals surface area contributed by atoms with E-state index in [1.165, 1.54) is 5.56 Å². The van der Waals surface area contributed by atoms with Gasteiger partial charge in [0.1, 0.15) is 6.61 Å². The molecule has 0 amide bonds. The first kappa shape index (κ1) is 18.0. The van der Waals surface area contributed by atoms with Crippen LogP contribution >= 0.6 is 12.4 Å². The second kappa shape index (κ2) is 9.11. The van der Waals surface area contributed by atoms with Gasteiger partial charge in [0.05, 0.1) is 12.2 Å². The van der Waals surface area contributed by atoms with Crippen molar-refractivity contribution >= 4 is 12.4 Å². The number of rotatable bonds is 7. The predicted molar refractivity (Wildman–Crippen MR) is 98.6 cm³/mol. The summed E-state index contributed by atoms with van der Waals surface area (Å²) in [6, 6.07) is 22.5. The van der Waals surface area contributed by atoms with E-state index in [0.717, 1.165) is 23.7 Å². The number of hydrogen-bond donors (Lipinski definition) is 1. The van der Waals surface area contributed by atoms with Crippen LogP contribution in [0.25, 0.3) is 0 Å². The number of aromatic nitrogens is 2. The zero-order valence-electron chi connectivity index (χ0n) is 13.7. The highest BCUT2D eigenvalue weighted by atomic mass is 35.5. The molecule has 0 bridgehead atoms. The highest BCUT2D eigenvalue weighted by Gasteiger charge is 2.09. The molecule has 0 aliphatic heterocycles. The van der Waals surface area contributed by atoms with E-state index in [4.69, 9.17) is 4.74 Å². The van der Waals surface area contributed by atoms with E-state index < -0.39 is 0 Å². The summed E-state index contributed by atoms with van der Waals surface area (Å²) >= 11 is 0. The summed E-state index contributed by atoms with van der Waals surface area (Å²) in [6.07, 6.45) is 0. The molecule has 24 heavy (non-hydrogen) atoms. The van der Waals surface area contributed by atoms with E-state index in [1.54, 1.807) is 0 Å². The number of nitrogens with one attached hydrogen (secondary N) is 1. The standard InChI is InChI=1S/C19H21N3O.ClH/c1-20-13-18-12-19(23-15-17-10-6-3-7-11-17)22(21-18)14-16-8-4-2-5-9-16;/h2-12,20H,13-15H2,1H3;1H. The van der Waals surface area contributed by atoms with Gasteiger partial charge < -0.3 is 10.1 Å². The van der Waals surface area contributed by atoms with Gasteiger partial charge in [-0.25, -0.2) is 4.68 Å². The zero-order valence-corrected chi connectivity index (χ0v) is 14.5. The Morgan fingerprint density at radius 3 is 2.21 bits per heavy atom. The number of hydrogen-bond acceptors (Lipinski definition) is 3. The van der Waals surface area contributed by atoms with E-state index in [1.807, 2.05) is 54.2 Å². The third kappa shape index (κ3) is 4.85. The summed E-state index contributed by atoms with van der Waals surface area (Å²) in [6.45, 7) is 1.97. The first-order chi connectivity index (χ1) is 11.3. The Morgan fingerprint density at radius 2 is 1.58 bits per heavy atom. The molecule has 0 aliphatic rings. The van der Waals surface area contributed by atoms with Crippen molar-refractivity contribution in [1.29, 1.82) is 0 Å². The highest BCUT2D eigenvalue weighted by Crippen LogP contribution is 2.17. The maximum atomic E-state index is 6.00. The molecule has 2 aromatic carbocycles. The molecule has 5 heteroatoms. The van der Waals surface area contributed by atoms with E-state index in [2.05, 4.69) is 34.7 Å². The molecule has 0 unspecified atom stereocenters. The molecule has 1 heterocycles. The van der Waals surface area contributed by atoms with Crippen molar-refractivity contribution in [1.82, 2.24) is 15.1 Å². The van der Waals surface area contributed by atoms with Crippen LogP contribution < -0.4 is 10.1 Å². The summed E-state index contributed by atoms with van der Waals surface area (Å²) in [5.41, 5.74) is 3.33. The summed E-state index contributed by atoms with van der Waals surface area (Å²) in [5, 5.41) is 7.77. The van der Waals surface area contributed by atoms with Crippen LogP contribution in [0.5, 0.6) is 5.88 Å². The molecule has 3 rings (SSSR count). The van der Waals surface area contributed by atoms with Crippen LogP contribution in [-0.4, -0.2) is 16.8 Å². The van der Waals surface area contributed by atoms with Gasteiger partial charge in [-0.3, -0.25) is 0 Å². The Kier molecular flexibility index (Phi) is 6.85. The molecule has 1 aromatic heterocycles. The molecule has 0 saturated heterocycles. The van der Waals surface area contributed by atoms with Gasteiger partial charge in [-0.05, 0) is 18.2 Å². The van der Waals surface area contributed by atoms with Gasteiger partial charge in [-0.15, -0.1) is 12.4 Å². The van der Waals surface area contributed by atoms with Gasteiger partial charge in [-0.2, -0.15) is 5.10 Å². The first-order valence-corrected chi connectivity index (χ1v) is 7.77. The normalized spacial score (nSPS) is 10.2. The summed E-state index contributed by atoms with van der Waals surface area (Å²) < 4.78 is 7.92. The van der Waals surface area contributed by atoms with Crippen molar-refractivity contribution in [3.05, 3.63) is 83.6 Å². The molecule has 0 atom stereocenters. The van der Waals surface area contributed by atoms with Gasteiger partial charge in [0.25, 0.3) is 0 Å². The first-order valence-electron chi connectivity index (χ1n) is 7.77. The fraction of sp³-hybridized carbons (Fsp3) is 0.211. The molecule has 0 aliphatic carbocycles. The lowest BCUT2D eigenvalue weighted by atomic mass is 10.2. The minimum atomic E-state index is 0. The van der Waals surface area contributed by atoms with Crippen LogP contribution in [0.2, 0.25) is 0 Å². The van der Waals surface area contributed by atoms with E-state index in [0.29, 0.717) is 13.2 Å². The van der Waals surface area contributed by atoms with Gasteiger partial charge >= 0.3 is 0 Å². The van der Waals surface area contributed by atoms with Crippen molar-refractivity contribution in [2.75, 3.05) is 7.05 Å². The maximum absolute atomic E-state index is 6.00. The quantitative estimate of drug-likeness (QED) is 0.711. The van der Waals surface area contributed by atoms with Crippen molar-refractivity contribution in [3.8, 4) is 5.88 Å². The number of halogens is 1. The zero-order chi connectivity index (χ0) is 15.9. The molecular weight excluding hydrogens is 322 g/mol. The monoisotopic (exact) mass is 343 g/mol. The molecule has 0 fully saturated rings. The van der Waals surface area contributed by atoms with Crippen LogP contribution in [0, 0.1) is 0 Å². The van der Waals surface area contributed by atoms with Gasteiger partial charge in [0.15, 0.2) is 0 Å². The summed E-state index contributed by atoms with van der Waals surface area (Å²) in [4.78, 5) is 0. The second-order valence-electron chi connectivity index (χ2n) is 5.42. The molecule has 0 saturated carbocycles. The molecule has 0 spiro atoms. The Morgan fingerprint density at radius 1 is 0.958 bits per heavy atom. The summed E-state index contributed by atoms with van der Waals surface area (Å²) in [5.74, 6) is 0.794. The Labute approximate surface area is 148 Å². The molecular formula is C19H22ClN3O. The molecule has 4 nitrogen and oxygen atoms in total. The summed E-state index contributed by atoms with van der Waals surface area (Å²) in [7, 11) is 1.92. The molecule has 3 aromatic rings. The maximum Gasteiger partial charge on any atom is 0.212 e. The average Bonchev–Trinajstić information content (AvgIpc) is 2.97. The Hall–Kier alpha value is -2.30. The molecule has 126 valence electrons. The topological polar surface area (TPSA) is 39.1 Å².